The van der Waals surface area contributed by atoms with Crippen molar-refractivity contribution in [3.63, 3.8) is 0 Å². The van der Waals surface area contributed by atoms with Crippen molar-refractivity contribution in [2.45, 2.75) is 0 Å². The van der Waals surface area contributed by atoms with E-state index in [1.807, 2.05) is 24.3 Å². The van der Waals surface area contributed by atoms with E-state index in [-0.39, 0.29) is 0 Å². The van der Waals surface area contributed by atoms with Crippen LogP contribution >= 0.6 is 0 Å². The number of pyridine rings is 1. The molecule has 1 aromatic carbocycles. The van der Waals surface area contributed by atoms with Crippen LogP contribution in [0.2, 0.25) is 0 Å². The van der Waals surface area contributed by atoms with Crippen LogP contribution in [0.25, 0.3) is 10.9 Å². The van der Waals surface area contributed by atoms with Gasteiger partial charge in [-0.05, 0) is 12.1 Å². The molecule has 0 spiro atoms. The van der Waals surface area contributed by atoms with Gasteiger partial charge in [-0.25, -0.2) is 4.79 Å². The van der Waals surface area contributed by atoms with Gasteiger partial charge in [-0.2, -0.15) is 4.99 Å². The zero-order chi connectivity index (χ0) is 9.10. The molecular weight excluding hydrogens is 164 g/mol. The molecule has 0 aliphatic heterocycles. The summed E-state index contributed by atoms with van der Waals surface area (Å²) >= 11 is 0. The molecule has 3 nitrogen and oxygen atoms in total. The van der Waals surface area contributed by atoms with E-state index >= 15 is 0 Å². The molecule has 0 aliphatic carbocycles. The van der Waals surface area contributed by atoms with Crippen molar-refractivity contribution in [2.75, 3.05) is 0 Å². The number of aromatic nitrogens is 1. The molecule has 1 heterocycles. The molecule has 0 N–H and O–H groups in total. The van der Waals surface area contributed by atoms with Crippen molar-refractivity contribution in [3.8, 4) is 0 Å². The molecule has 1 aromatic heterocycles. The van der Waals surface area contributed by atoms with E-state index in [2.05, 4.69) is 9.98 Å². The summed E-state index contributed by atoms with van der Waals surface area (Å²) in [5.74, 6) is 0. The van der Waals surface area contributed by atoms with Crippen molar-refractivity contribution in [2.24, 2.45) is 4.99 Å². The van der Waals surface area contributed by atoms with Crippen molar-refractivity contribution < 1.29 is 4.79 Å². The second kappa shape index (κ2) is 3.17. The van der Waals surface area contributed by atoms with Crippen molar-refractivity contribution in [1.29, 1.82) is 0 Å². The first-order chi connectivity index (χ1) is 6.42. The highest BCUT2D eigenvalue weighted by atomic mass is 16.1. The first-order valence-corrected chi connectivity index (χ1v) is 3.83. The maximum Gasteiger partial charge on any atom is 0.240 e. The Morgan fingerprint density at radius 3 is 2.92 bits per heavy atom. The molecule has 62 valence electrons. The van der Waals surface area contributed by atoms with Gasteiger partial charge >= 0.3 is 0 Å². The summed E-state index contributed by atoms with van der Waals surface area (Å²) in [6, 6.07) is 9.21. The number of carbonyl (C=O) groups excluding carboxylic acids is 1. The number of rotatable bonds is 1. The zero-order valence-corrected chi connectivity index (χ0v) is 6.77. The first kappa shape index (κ1) is 7.65. The first-order valence-electron chi connectivity index (χ1n) is 3.83. The lowest BCUT2D eigenvalue weighted by Gasteiger charge is -1.97. The Kier molecular flexibility index (Phi) is 1.87. The summed E-state index contributed by atoms with van der Waals surface area (Å²) in [5.41, 5.74) is 1.44. The minimum Gasteiger partial charge on any atom is -0.256 e. The van der Waals surface area contributed by atoms with Gasteiger partial charge in [-0.3, -0.25) is 4.98 Å². The molecular formula is C10H6N2O. The molecule has 2 aromatic rings. The van der Waals surface area contributed by atoms with Gasteiger partial charge in [-0.1, -0.05) is 18.2 Å². The number of nitrogens with zero attached hydrogens (tertiary/aromatic N) is 2. The monoisotopic (exact) mass is 170 g/mol. The summed E-state index contributed by atoms with van der Waals surface area (Å²) < 4.78 is 0. The van der Waals surface area contributed by atoms with Crippen molar-refractivity contribution in [3.05, 3.63) is 36.5 Å². The van der Waals surface area contributed by atoms with Gasteiger partial charge in [0, 0.05) is 11.6 Å². The van der Waals surface area contributed by atoms with Gasteiger partial charge < -0.3 is 0 Å². The average Bonchev–Trinajstić information content (AvgIpc) is 2.19. The number of hydrogen-bond donors (Lipinski definition) is 0. The number of isocyanates is 1. The lowest BCUT2D eigenvalue weighted by Crippen LogP contribution is -1.76. The lowest BCUT2D eigenvalue weighted by atomic mass is 10.2. The van der Waals surface area contributed by atoms with Crippen LogP contribution < -0.4 is 0 Å². The Bertz CT molecular complexity index is 482. The van der Waals surface area contributed by atoms with Crippen LogP contribution in [0.1, 0.15) is 0 Å². The van der Waals surface area contributed by atoms with Crippen LogP contribution in [-0.2, 0) is 4.79 Å². The number of fused-ring (bicyclic) bond motifs is 1. The topological polar surface area (TPSA) is 42.3 Å². The molecule has 13 heavy (non-hydrogen) atoms. The molecule has 0 atom stereocenters. The number of benzene rings is 1. The van der Waals surface area contributed by atoms with E-state index in [9.17, 15) is 4.79 Å². The van der Waals surface area contributed by atoms with E-state index < -0.39 is 0 Å². The Balaban J connectivity index is 2.82. The van der Waals surface area contributed by atoms with Gasteiger partial charge in [0.25, 0.3) is 0 Å². The van der Waals surface area contributed by atoms with Gasteiger partial charge in [0.2, 0.25) is 6.08 Å². The summed E-state index contributed by atoms with van der Waals surface area (Å²) in [5, 5.41) is 0.869. The largest absolute Gasteiger partial charge is 0.256 e. The fourth-order valence-electron chi connectivity index (χ4n) is 1.23. The SMILES string of the molecule is O=C=Nc1ccnc2ccccc12. The minimum absolute atomic E-state index is 0.612. The lowest BCUT2D eigenvalue weighted by molar-refractivity contribution is 0.565. The quantitative estimate of drug-likeness (QED) is 0.486. The number of aliphatic imine (C=N–C) groups is 1. The van der Waals surface area contributed by atoms with Crippen LogP contribution in [0, 0.1) is 0 Å². The van der Waals surface area contributed by atoms with Gasteiger partial charge in [0.15, 0.2) is 0 Å². The number of para-hydroxylation sites is 1. The van der Waals surface area contributed by atoms with E-state index in [4.69, 9.17) is 0 Å². The summed E-state index contributed by atoms with van der Waals surface area (Å²) in [7, 11) is 0. The summed E-state index contributed by atoms with van der Waals surface area (Å²) in [4.78, 5) is 17.8. The summed E-state index contributed by atoms with van der Waals surface area (Å²) in [6.07, 6.45) is 3.15. The highest BCUT2D eigenvalue weighted by molar-refractivity contribution is 5.90. The standard InChI is InChI=1S/C10H6N2O/c13-7-12-10-5-6-11-9-4-2-1-3-8(9)10/h1-6H. The average molecular weight is 170 g/mol. The van der Waals surface area contributed by atoms with Crippen LogP contribution in [0.3, 0.4) is 0 Å². The van der Waals surface area contributed by atoms with Gasteiger partial charge in [0.1, 0.15) is 0 Å². The van der Waals surface area contributed by atoms with E-state index in [0.717, 1.165) is 10.9 Å². The molecule has 0 unspecified atom stereocenters. The fraction of sp³-hybridized carbons (Fsp3) is 0. The normalized spacial score (nSPS) is 9.54. The maximum atomic E-state index is 10.1. The van der Waals surface area contributed by atoms with Crippen LogP contribution in [0.4, 0.5) is 5.69 Å². The smallest absolute Gasteiger partial charge is 0.240 e. The molecule has 0 fully saturated rings. The Hall–Kier alpha value is -1.99. The molecule has 0 saturated carbocycles. The predicted molar refractivity (Wildman–Crippen MR) is 49.5 cm³/mol. The zero-order valence-electron chi connectivity index (χ0n) is 6.77. The van der Waals surface area contributed by atoms with Crippen molar-refractivity contribution >= 4 is 22.7 Å². The minimum atomic E-state index is 0.612. The molecule has 0 bridgehead atoms. The molecule has 0 radical (unpaired) electrons. The third kappa shape index (κ3) is 1.33. The highest BCUT2D eigenvalue weighted by Gasteiger charge is 1.97. The fourth-order valence-corrected chi connectivity index (χ4v) is 1.23. The van der Waals surface area contributed by atoms with E-state index in [1.54, 1.807) is 12.3 Å². The Morgan fingerprint density at radius 2 is 2.08 bits per heavy atom. The second-order valence-corrected chi connectivity index (χ2v) is 2.55. The third-order valence-electron chi connectivity index (χ3n) is 1.79. The number of hydrogen-bond acceptors (Lipinski definition) is 3. The summed E-state index contributed by atoms with van der Waals surface area (Å²) in [6.45, 7) is 0. The predicted octanol–water partition coefficient (Wildman–Crippen LogP) is 2.20. The van der Waals surface area contributed by atoms with E-state index in [0.29, 0.717) is 5.69 Å². The Morgan fingerprint density at radius 1 is 1.23 bits per heavy atom. The third-order valence-corrected chi connectivity index (χ3v) is 1.79. The molecule has 0 aliphatic rings. The van der Waals surface area contributed by atoms with Crippen LogP contribution in [0.5, 0.6) is 0 Å². The molecule has 3 heteroatoms. The van der Waals surface area contributed by atoms with Gasteiger partial charge in [-0.15, -0.1) is 0 Å². The maximum absolute atomic E-state index is 10.1. The Labute approximate surface area is 74.8 Å². The van der Waals surface area contributed by atoms with Crippen molar-refractivity contribution in [1.82, 2.24) is 4.98 Å². The van der Waals surface area contributed by atoms with Crippen LogP contribution in [-0.4, -0.2) is 11.1 Å². The van der Waals surface area contributed by atoms with Gasteiger partial charge in [0.05, 0.1) is 11.2 Å². The molecule has 0 saturated heterocycles. The highest BCUT2D eigenvalue weighted by Crippen LogP contribution is 2.22. The second-order valence-electron chi connectivity index (χ2n) is 2.55. The van der Waals surface area contributed by atoms with Crippen LogP contribution in [0.15, 0.2) is 41.5 Å². The molecule has 2 rings (SSSR count). The molecule has 0 amide bonds. The van der Waals surface area contributed by atoms with E-state index in [1.165, 1.54) is 6.08 Å².